The van der Waals surface area contributed by atoms with Crippen molar-refractivity contribution in [3.05, 3.63) is 59.7 Å². The molecule has 2 aliphatic heterocycles. The molecule has 3 aliphatic rings. The molecule has 0 aromatic heterocycles. The Bertz CT molecular complexity index is 796. The van der Waals surface area contributed by atoms with Crippen LogP contribution in [-0.2, 0) is 17.8 Å². The lowest BCUT2D eigenvalue weighted by Crippen LogP contribution is -2.35. The highest BCUT2D eigenvalue weighted by molar-refractivity contribution is 5.67. The maximum absolute atomic E-state index is 5.50. The van der Waals surface area contributed by atoms with Crippen molar-refractivity contribution in [1.82, 2.24) is 14.7 Å². The van der Waals surface area contributed by atoms with E-state index in [9.17, 15) is 0 Å². The van der Waals surface area contributed by atoms with E-state index in [1.165, 1.54) is 54.7 Å². The van der Waals surface area contributed by atoms with E-state index in [0.717, 1.165) is 52.0 Å². The maximum Gasteiger partial charge on any atom is 0.0594 e. The van der Waals surface area contributed by atoms with Gasteiger partial charge < -0.3 is 4.74 Å². The van der Waals surface area contributed by atoms with E-state index in [1.54, 1.807) is 0 Å². The smallest absolute Gasteiger partial charge is 0.0594 e. The van der Waals surface area contributed by atoms with Crippen molar-refractivity contribution in [2.24, 2.45) is 5.92 Å². The highest BCUT2D eigenvalue weighted by atomic mass is 16.5. The molecule has 4 heteroatoms. The molecule has 3 fully saturated rings. The van der Waals surface area contributed by atoms with Crippen molar-refractivity contribution >= 4 is 0 Å². The average Bonchev–Trinajstić information content (AvgIpc) is 3.47. The van der Waals surface area contributed by atoms with Crippen molar-refractivity contribution < 1.29 is 4.74 Å². The molecular weight excluding hydrogens is 358 g/mol. The van der Waals surface area contributed by atoms with E-state index in [-0.39, 0.29) is 0 Å². The second-order valence-electron chi connectivity index (χ2n) is 8.96. The van der Waals surface area contributed by atoms with Crippen molar-refractivity contribution in [1.29, 1.82) is 0 Å². The summed E-state index contributed by atoms with van der Waals surface area (Å²) in [6, 6.07) is 18.1. The van der Waals surface area contributed by atoms with E-state index in [1.807, 2.05) is 0 Å². The van der Waals surface area contributed by atoms with E-state index < -0.39 is 0 Å². The number of hydrogen-bond acceptors (Lipinski definition) is 4. The van der Waals surface area contributed by atoms with Gasteiger partial charge in [-0.3, -0.25) is 14.7 Å². The Morgan fingerprint density at radius 1 is 0.759 bits per heavy atom. The number of hydrogen-bond donors (Lipinski definition) is 0. The fourth-order valence-electron chi connectivity index (χ4n) is 4.64. The minimum absolute atomic E-state index is 0.853. The van der Waals surface area contributed by atoms with Crippen LogP contribution in [0.5, 0.6) is 0 Å². The highest BCUT2D eigenvalue weighted by Crippen LogP contribution is 2.30. The first-order chi connectivity index (χ1) is 14.3. The van der Waals surface area contributed by atoms with Crippen LogP contribution in [0.15, 0.2) is 48.5 Å². The summed E-state index contributed by atoms with van der Waals surface area (Å²) in [5.74, 6) is 0.992. The van der Waals surface area contributed by atoms with Gasteiger partial charge in [-0.15, -0.1) is 0 Å². The molecule has 2 aromatic carbocycles. The van der Waals surface area contributed by atoms with Gasteiger partial charge in [-0.2, -0.15) is 0 Å². The lowest BCUT2D eigenvalue weighted by molar-refractivity contribution is 0.0342. The van der Waals surface area contributed by atoms with Gasteiger partial charge in [0.05, 0.1) is 19.9 Å². The molecule has 4 nitrogen and oxygen atoms in total. The van der Waals surface area contributed by atoms with E-state index in [2.05, 4.69) is 63.2 Å². The fourth-order valence-corrected chi connectivity index (χ4v) is 4.64. The zero-order valence-electron chi connectivity index (χ0n) is 17.4. The van der Waals surface area contributed by atoms with Crippen LogP contribution in [0.4, 0.5) is 0 Å². The van der Waals surface area contributed by atoms with Crippen LogP contribution in [0.3, 0.4) is 0 Å². The van der Waals surface area contributed by atoms with E-state index in [0.29, 0.717) is 0 Å². The second kappa shape index (κ2) is 8.97. The minimum atomic E-state index is 0.853. The Morgan fingerprint density at radius 2 is 1.52 bits per heavy atom. The van der Waals surface area contributed by atoms with Crippen LogP contribution in [0, 0.1) is 5.92 Å². The number of rotatable bonds is 7. The van der Waals surface area contributed by atoms with Crippen molar-refractivity contribution in [2.45, 2.75) is 25.9 Å². The predicted octanol–water partition coefficient (Wildman–Crippen LogP) is 3.67. The molecule has 0 unspecified atom stereocenters. The maximum atomic E-state index is 5.50. The Hall–Kier alpha value is -1.72. The standard InChI is InChI=1S/C25H33N3O/c1-2-4-25(24(3-1)19-26-13-15-29-16-14-26)23-9-7-22(8-10-23)18-28-12-11-27(20-28)17-21-5-6-21/h1-4,7-10,21H,5-6,11-20H2. The van der Waals surface area contributed by atoms with Crippen LogP contribution >= 0.6 is 0 Å². The fraction of sp³-hybridized carbons (Fsp3) is 0.520. The van der Waals surface area contributed by atoms with E-state index in [4.69, 9.17) is 4.74 Å². The lowest BCUT2D eigenvalue weighted by Gasteiger charge is -2.27. The van der Waals surface area contributed by atoms with Gasteiger partial charge in [-0.05, 0) is 41.0 Å². The van der Waals surface area contributed by atoms with Gasteiger partial charge in [0.25, 0.3) is 0 Å². The summed E-state index contributed by atoms with van der Waals surface area (Å²) in [5, 5.41) is 0. The van der Waals surface area contributed by atoms with Crippen LogP contribution in [-0.4, -0.2) is 67.3 Å². The Morgan fingerprint density at radius 3 is 2.31 bits per heavy atom. The first-order valence-electron chi connectivity index (χ1n) is 11.3. The molecule has 0 spiro atoms. The third-order valence-electron chi connectivity index (χ3n) is 6.53. The van der Waals surface area contributed by atoms with Gasteiger partial charge in [0.2, 0.25) is 0 Å². The SMILES string of the molecule is c1ccc(-c2ccc(CN3CCN(CC4CC4)C3)cc2)c(CN2CCOCC2)c1. The molecule has 2 heterocycles. The molecule has 0 bridgehead atoms. The topological polar surface area (TPSA) is 19.0 Å². The predicted molar refractivity (Wildman–Crippen MR) is 118 cm³/mol. The Kier molecular flexibility index (Phi) is 5.95. The summed E-state index contributed by atoms with van der Waals surface area (Å²) in [7, 11) is 0. The van der Waals surface area contributed by atoms with Gasteiger partial charge in [-0.25, -0.2) is 0 Å². The first-order valence-corrected chi connectivity index (χ1v) is 11.3. The Labute approximate surface area is 175 Å². The third-order valence-corrected chi connectivity index (χ3v) is 6.53. The average molecular weight is 392 g/mol. The highest BCUT2D eigenvalue weighted by Gasteiger charge is 2.28. The zero-order valence-corrected chi connectivity index (χ0v) is 17.4. The monoisotopic (exact) mass is 391 g/mol. The number of ether oxygens (including phenoxy) is 1. The molecule has 2 saturated heterocycles. The molecule has 0 amide bonds. The summed E-state index contributed by atoms with van der Waals surface area (Å²) < 4.78 is 5.50. The van der Waals surface area contributed by atoms with Crippen molar-refractivity contribution in [2.75, 3.05) is 52.6 Å². The quantitative estimate of drug-likeness (QED) is 0.717. The van der Waals surface area contributed by atoms with Crippen molar-refractivity contribution in [3.63, 3.8) is 0 Å². The van der Waals surface area contributed by atoms with Crippen molar-refractivity contribution in [3.8, 4) is 11.1 Å². The van der Waals surface area contributed by atoms with Crippen LogP contribution in [0.1, 0.15) is 24.0 Å². The normalized spacial score (nSPS) is 21.7. The molecular formula is C25H33N3O. The van der Waals surface area contributed by atoms with Gasteiger partial charge in [0.1, 0.15) is 0 Å². The van der Waals surface area contributed by atoms with Crippen LogP contribution in [0.2, 0.25) is 0 Å². The largest absolute Gasteiger partial charge is 0.379 e. The number of nitrogens with zero attached hydrogens (tertiary/aromatic N) is 3. The molecule has 2 aromatic rings. The summed E-state index contributed by atoms with van der Waals surface area (Å²) in [5.41, 5.74) is 5.53. The lowest BCUT2D eigenvalue weighted by atomic mass is 9.98. The summed E-state index contributed by atoms with van der Waals surface area (Å²) >= 11 is 0. The molecule has 154 valence electrons. The third kappa shape index (κ3) is 5.07. The summed E-state index contributed by atoms with van der Waals surface area (Å²) in [4.78, 5) is 7.72. The molecule has 0 N–H and O–H groups in total. The van der Waals surface area contributed by atoms with Crippen LogP contribution in [0.25, 0.3) is 11.1 Å². The molecule has 0 atom stereocenters. The number of morpholine rings is 1. The molecule has 1 aliphatic carbocycles. The van der Waals surface area contributed by atoms with Gasteiger partial charge in [0, 0.05) is 45.8 Å². The van der Waals surface area contributed by atoms with Gasteiger partial charge in [0.15, 0.2) is 0 Å². The number of benzene rings is 2. The molecule has 29 heavy (non-hydrogen) atoms. The van der Waals surface area contributed by atoms with Gasteiger partial charge in [-0.1, -0.05) is 48.5 Å². The molecule has 0 radical (unpaired) electrons. The Balaban J connectivity index is 1.22. The zero-order chi connectivity index (χ0) is 19.5. The van der Waals surface area contributed by atoms with E-state index >= 15 is 0 Å². The molecule has 1 saturated carbocycles. The van der Waals surface area contributed by atoms with Crippen LogP contribution < -0.4 is 0 Å². The first kappa shape index (κ1) is 19.3. The van der Waals surface area contributed by atoms with Gasteiger partial charge >= 0.3 is 0 Å². The summed E-state index contributed by atoms with van der Waals surface area (Å²) in [6.07, 6.45) is 2.90. The minimum Gasteiger partial charge on any atom is -0.379 e. The summed E-state index contributed by atoms with van der Waals surface area (Å²) in [6.45, 7) is 10.7. The molecule has 5 rings (SSSR count). The second-order valence-corrected chi connectivity index (χ2v) is 8.96.